The average molecular weight is 458 g/mol. The fraction of sp³-hybridized carbons (Fsp3) is 0.750. The number of alkyl halides is 14. The van der Waals surface area contributed by atoms with Crippen molar-refractivity contribution < 1.29 is 90.3 Å². The van der Waals surface area contributed by atoms with Gasteiger partial charge in [-0.1, -0.05) is 0 Å². The standard InChI is InChI=1S/C8F14O6/c9-3(5(11,12)13,6(14,15)16)25-1(23)27-28-2(24)26-4(10,7(17,18)19)8(20,21)22. The van der Waals surface area contributed by atoms with Crippen LogP contribution in [-0.2, 0) is 19.2 Å². The van der Waals surface area contributed by atoms with Crippen molar-refractivity contribution in [1.82, 2.24) is 0 Å². The minimum absolute atomic E-state index is 2.13. The molecule has 0 unspecified atom stereocenters. The molecule has 0 aromatic heterocycles. The van der Waals surface area contributed by atoms with Gasteiger partial charge in [-0.3, -0.25) is 0 Å². The Morgan fingerprint density at radius 2 is 0.607 bits per heavy atom. The summed E-state index contributed by atoms with van der Waals surface area (Å²) >= 11 is 0. The van der Waals surface area contributed by atoms with E-state index in [9.17, 15) is 71.1 Å². The van der Waals surface area contributed by atoms with Crippen molar-refractivity contribution in [1.29, 1.82) is 0 Å². The maximum Gasteiger partial charge on any atom is 0.553 e. The topological polar surface area (TPSA) is 71.1 Å². The summed E-state index contributed by atoms with van der Waals surface area (Å²) in [5, 5.41) is 0. The summed E-state index contributed by atoms with van der Waals surface area (Å²) in [4.78, 5) is 25.9. The molecule has 0 amide bonds. The molecule has 0 aliphatic rings. The van der Waals surface area contributed by atoms with Crippen molar-refractivity contribution in [2.45, 2.75) is 36.4 Å². The third kappa shape index (κ3) is 5.09. The summed E-state index contributed by atoms with van der Waals surface area (Å²) < 4.78 is 174. The van der Waals surface area contributed by atoms with Crippen LogP contribution < -0.4 is 0 Å². The monoisotopic (exact) mass is 458 g/mol. The van der Waals surface area contributed by atoms with Crippen LogP contribution in [0, 0.1) is 0 Å². The van der Waals surface area contributed by atoms with Gasteiger partial charge in [-0.15, -0.1) is 0 Å². The Morgan fingerprint density at radius 3 is 0.750 bits per heavy atom. The van der Waals surface area contributed by atoms with Crippen molar-refractivity contribution in [2.75, 3.05) is 0 Å². The van der Waals surface area contributed by atoms with Gasteiger partial charge in [0, 0.05) is 0 Å². The molecule has 0 spiro atoms. The number of rotatable bonds is 2. The molecule has 0 heterocycles. The zero-order valence-corrected chi connectivity index (χ0v) is 11.7. The Bertz CT molecular complexity index is 505. The van der Waals surface area contributed by atoms with Crippen LogP contribution in [0.15, 0.2) is 0 Å². The summed E-state index contributed by atoms with van der Waals surface area (Å²) in [6, 6.07) is 0. The van der Waals surface area contributed by atoms with E-state index in [2.05, 4.69) is 19.2 Å². The summed E-state index contributed by atoms with van der Waals surface area (Å²) in [7, 11) is 0. The molecule has 0 bridgehead atoms. The number of ether oxygens (including phenoxy) is 2. The lowest BCUT2D eigenvalue weighted by Crippen LogP contribution is -2.56. The highest BCUT2D eigenvalue weighted by Crippen LogP contribution is 2.48. The van der Waals surface area contributed by atoms with Gasteiger partial charge in [0.05, 0.1) is 0 Å². The van der Waals surface area contributed by atoms with Crippen LogP contribution in [0.5, 0.6) is 0 Å². The van der Waals surface area contributed by atoms with Gasteiger partial charge in [0.2, 0.25) is 0 Å². The number of halogens is 14. The van der Waals surface area contributed by atoms with Gasteiger partial charge in [0.25, 0.3) is 0 Å². The summed E-state index contributed by atoms with van der Waals surface area (Å²) in [5.74, 6) is -13.6. The number of carbonyl (C=O) groups is 2. The van der Waals surface area contributed by atoms with Gasteiger partial charge >= 0.3 is 48.7 Å². The molecule has 0 saturated heterocycles. The molecule has 0 aliphatic carbocycles. The van der Waals surface area contributed by atoms with Crippen molar-refractivity contribution in [2.24, 2.45) is 0 Å². The second-order valence-corrected chi connectivity index (χ2v) is 4.05. The zero-order valence-electron chi connectivity index (χ0n) is 11.7. The fourth-order valence-electron chi connectivity index (χ4n) is 0.885. The molecule has 6 nitrogen and oxygen atoms in total. The second kappa shape index (κ2) is 7.18. The first kappa shape index (κ1) is 25.6. The molecule has 0 aliphatic heterocycles. The lowest BCUT2D eigenvalue weighted by atomic mass is 10.3. The van der Waals surface area contributed by atoms with Crippen molar-refractivity contribution in [3.05, 3.63) is 0 Å². The van der Waals surface area contributed by atoms with E-state index in [0.717, 1.165) is 0 Å². The van der Waals surface area contributed by atoms with Crippen LogP contribution in [-0.4, -0.2) is 48.7 Å². The molecule has 0 rings (SSSR count). The Labute approximate surface area is 140 Å². The van der Waals surface area contributed by atoms with Crippen LogP contribution in [0.2, 0.25) is 0 Å². The van der Waals surface area contributed by atoms with Crippen molar-refractivity contribution in [3.8, 4) is 0 Å². The predicted octanol–water partition coefficient (Wildman–Crippen LogP) is 4.79. The van der Waals surface area contributed by atoms with E-state index >= 15 is 0 Å². The molecule has 0 radical (unpaired) electrons. The largest absolute Gasteiger partial charge is 0.553 e. The molecular formula is C8F14O6. The van der Waals surface area contributed by atoms with Gasteiger partial charge in [-0.25, -0.2) is 0 Å². The molecule has 28 heavy (non-hydrogen) atoms. The molecule has 0 atom stereocenters. The molecule has 20 heteroatoms. The van der Waals surface area contributed by atoms with Crippen LogP contribution >= 0.6 is 0 Å². The smallest absolute Gasteiger partial charge is 0.377 e. The number of hydrogen-bond acceptors (Lipinski definition) is 6. The van der Waals surface area contributed by atoms with Crippen molar-refractivity contribution >= 4 is 12.3 Å². The average Bonchev–Trinajstić information content (AvgIpc) is 2.40. The Hall–Kier alpha value is -2.44. The second-order valence-electron chi connectivity index (χ2n) is 4.05. The highest BCUT2D eigenvalue weighted by molar-refractivity contribution is 5.64. The van der Waals surface area contributed by atoms with E-state index < -0.39 is 48.7 Å². The molecule has 166 valence electrons. The first-order valence-electron chi connectivity index (χ1n) is 5.45. The van der Waals surface area contributed by atoms with Crippen LogP contribution in [0.4, 0.5) is 71.1 Å². The van der Waals surface area contributed by atoms with E-state index in [1.54, 1.807) is 0 Å². The first-order chi connectivity index (χ1) is 12.0. The minimum atomic E-state index is -7.02. The molecule has 0 saturated carbocycles. The quantitative estimate of drug-likeness (QED) is 0.257. The number of carbonyl (C=O) groups excluding carboxylic acids is 2. The number of hydrogen-bond donors (Lipinski definition) is 0. The van der Waals surface area contributed by atoms with Gasteiger partial charge in [0.15, 0.2) is 0 Å². The highest BCUT2D eigenvalue weighted by Gasteiger charge is 2.78. The Morgan fingerprint density at radius 1 is 0.429 bits per heavy atom. The summed E-state index contributed by atoms with van der Waals surface area (Å²) in [5.41, 5.74) is 0. The van der Waals surface area contributed by atoms with Crippen LogP contribution in [0.25, 0.3) is 0 Å². The van der Waals surface area contributed by atoms with E-state index in [-0.39, 0.29) is 0 Å². The van der Waals surface area contributed by atoms with Crippen LogP contribution in [0.1, 0.15) is 0 Å². The Kier molecular flexibility index (Phi) is 6.56. The van der Waals surface area contributed by atoms with E-state index in [0.29, 0.717) is 0 Å². The SMILES string of the molecule is O=C(OOC(=O)OC(F)(C(F)(F)F)C(F)(F)F)OC(F)(C(F)(F)F)C(F)(F)F. The zero-order chi connectivity index (χ0) is 23.0. The first-order valence-corrected chi connectivity index (χ1v) is 5.45. The third-order valence-corrected chi connectivity index (χ3v) is 2.08. The summed E-state index contributed by atoms with van der Waals surface area (Å²) in [6.07, 6.45) is -35.3. The van der Waals surface area contributed by atoms with Gasteiger partial charge in [0.1, 0.15) is 0 Å². The molecule has 0 fully saturated rings. The minimum Gasteiger partial charge on any atom is -0.377 e. The maximum atomic E-state index is 12.9. The van der Waals surface area contributed by atoms with Crippen LogP contribution in [0.3, 0.4) is 0 Å². The van der Waals surface area contributed by atoms with E-state index in [4.69, 9.17) is 0 Å². The van der Waals surface area contributed by atoms with E-state index in [1.165, 1.54) is 0 Å². The van der Waals surface area contributed by atoms with Gasteiger partial charge in [-0.2, -0.15) is 80.8 Å². The molecular weight excluding hydrogens is 458 g/mol. The van der Waals surface area contributed by atoms with Crippen molar-refractivity contribution in [3.63, 3.8) is 0 Å². The molecule has 0 aromatic carbocycles. The summed E-state index contributed by atoms with van der Waals surface area (Å²) in [6.45, 7) is 0. The molecule has 0 aromatic rings. The third-order valence-electron chi connectivity index (χ3n) is 2.08. The lowest BCUT2D eigenvalue weighted by molar-refractivity contribution is -0.428. The van der Waals surface area contributed by atoms with Gasteiger partial charge < -0.3 is 9.47 Å². The fourth-order valence-corrected chi connectivity index (χ4v) is 0.885. The lowest BCUT2D eigenvalue weighted by Gasteiger charge is -2.28. The highest BCUT2D eigenvalue weighted by atomic mass is 19.4. The van der Waals surface area contributed by atoms with Gasteiger partial charge in [-0.05, 0) is 0 Å². The molecule has 0 N–H and O–H groups in total. The van der Waals surface area contributed by atoms with E-state index in [1.807, 2.05) is 0 Å². The predicted molar refractivity (Wildman–Crippen MR) is 47.0 cm³/mol. The maximum absolute atomic E-state index is 12.9. The Balaban J connectivity index is 5.22. The normalized spacial score (nSPS) is 14.4.